The van der Waals surface area contributed by atoms with Crippen LogP contribution < -0.4 is 14.4 Å². The zero-order valence-corrected chi connectivity index (χ0v) is 12.4. The van der Waals surface area contributed by atoms with Gasteiger partial charge in [0.15, 0.2) is 0 Å². The lowest BCUT2D eigenvalue weighted by Gasteiger charge is -2.17. The lowest BCUT2D eigenvalue weighted by atomic mass is 10.1. The van der Waals surface area contributed by atoms with E-state index in [0.29, 0.717) is 31.7 Å². The molecule has 1 amide bonds. The highest BCUT2D eigenvalue weighted by Crippen LogP contribution is 2.31. The Labute approximate surface area is 118 Å². The van der Waals surface area contributed by atoms with Crippen LogP contribution in [0.5, 0.6) is 5.75 Å². The first kappa shape index (κ1) is 14.8. The molecule has 1 aliphatic rings. The maximum atomic E-state index is 11.8. The largest absolute Gasteiger partial charge is 0.491 e. The van der Waals surface area contributed by atoms with E-state index in [0.717, 1.165) is 17.5 Å². The summed E-state index contributed by atoms with van der Waals surface area (Å²) in [6.07, 6.45) is 2.04. The molecule has 7 heteroatoms. The number of benzene rings is 1. The van der Waals surface area contributed by atoms with E-state index >= 15 is 0 Å². The number of sulfonamides is 1. The molecule has 1 aromatic rings. The van der Waals surface area contributed by atoms with E-state index < -0.39 is 10.0 Å². The van der Waals surface area contributed by atoms with E-state index in [-0.39, 0.29) is 5.91 Å². The third kappa shape index (κ3) is 3.71. The van der Waals surface area contributed by atoms with Gasteiger partial charge in [-0.05, 0) is 24.1 Å². The van der Waals surface area contributed by atoms with Crippen molar-refractivity contribution in [1.29, 1.82) is 0 Å². The number of fused-ring (bicyclic) bond motifs is 1. The summed E-state index contributed by atoms with van der Waals surface area (Å²) < 4.78 is 30.0. The highest BCUT2D eigenvalue weighted by atomic mass is 32.2. The number of carbonyl (C=O) groups excluding carboxylic acids is 1. The van der Waals surface area contributed by atoms with Gasteiger partial charge in [0.1, 0.15) is 5.75 Å². The van der Waals surface area contributed by atoms with Gasteiger partial charge in [0.25, 0.3) is 0 Å². The number of hydrogen-bond donors (Lipinski definition) is 1. The minimum Gasteiger partial charge on any atom is -0.491 e. The number of rotatable bonds is 4. The first-order chi connectivity index (χ1) is 9.37. The first-order valence-corrected chi connectivity index (χ1v) is 8.23. The number of ether oxygens (including phenoxy) is 1. The van der Waals surface area contributed by atoms with Crippen molar-refractivity contribution < 1.29 is 17.9 Å². The number of hydrogen-bond acceptors (Lipinski definition) is 4. The van der Waals surface area contributed by atoms with E-state index in [4.69, 9.17) is 4.74 Å². The van der Waals surface area contributed by atoms with Gasteiger partial charge in [-0.15, -0.1) is 0 Å². The molecule has 20 heavy (non-hydrogen) atoms. The molecule has 0 aromatic heterocycles. The standard InChI is InChI=1S/C13H18N2O4S/c1-15-11-9-10(5-7-14-20(2,17)18)3-4-12(11)19-8-6-13(15)16/h3-4,9,14H,5-8H2,1-2H3. The Morgan fingerprint density at radius 3 is 2.85 bits per heavy atom. The van der Waals surface area contributed by atoms with E-state index in [2.05, 4.69) is 4.72 Å². The molecule has 2 rings (SSSR count). The van der Waals surface area contributed by atoms with Gasteiger partial charge in [0.05, 0.1) is 25.0 Å². The lowest BCUT2D eigenvalue weighted by molar-refractivity contribution is -0.118. The maximum absolute atomic E-state index is 11.8. The average Bonchev–Trinajstić information content (AvgIpc) is 2.49. The van der Waals surface area contributed by atoms with Crippen LogP contribution in [0.25, 0.3) is 0 Å². The molecule has 0 saturated heterocycles. The van der Waals surface area contributed by atoms with Crippen LogP contribution in [-0.2, 0) is 21.2 Å². The second-order valence-electron chi connectivity index (χ2n) is 4.77. The summed E-state index contributed by atoms with van der Waals surface area (Å²) in [6, 6.07) is 5.56. The first-order valence-electron chi connectivity index (χ1n) is 6.34. The predicted octanol–water partition coefficient (Wildman–Crippen LogP) is 0.524. The Hall–Kier alpha value is -1.60. The van der Waals surface area contributed by atoms with Crippen LogP contribution in [0, 0.1) is 0 Å². The van der Waals surface area contributed by atoms with Gasteiger partial charge in [-0.25, -0.2) is 13.1 Å². The topological polar surface area (TPSA) is 75.7 Å². The van der Waals surface area contributed by atoms with Crippen LogP contribution >= 0.6 is 0 Å². The Morgan fingerprint density at radius 1 is 1.40 bits per heavy atom. The number of carbonyl (C=O) groups is 1. The molecule has 6 nitrogen and oxygen atoms in total. The molecule has 110 valence electrons. The van der Waals surface area contributed by atoms with Gasteiger partial charge in [-0.2, -0.15) is 0 Å². The number of nitrogens with zero attached hydrogens (tertiary/aromatic N) is 1. The van der Waals surface area contributed by atoms with Crippen molar-refractivity contribution in [2.24, 2.45) is 0 Å². The minimum atomic E-state index is -3.18. The van der Waals surface area contributed by atoms with Gasteiger partial charge in [-0.1, -0.05) is 6.07 Å². The molecule has 1 aromatic carbocycles. The van der Waals surface area contributed by atoms with Crippen molar-refractivity contribution in [1.82, 2.24) is 4.72 Å². The molecule has 1 heterocycles. The molecule has 1 aliphatic heterocycles. The Kier molecular flexibility index (Phi) is 4.29. The fourth-order valence-corrected chi connectivity index (χ4v) is 2.51. The minimum absolute atomic E-state index is 0.00941. The molecular formula is C13H18N2O4S. The van der Waals surface area contributed by atoms with Gasteiger partial charge < -0.3 is 9.64 Å². The van der Waals surface area contributed by atoms with Crippen LogP contribution in [0.2, 0.25) is 0 Å². The second kappa shape index (κ2) is 5.80. The number of anilines is 1. The number of nitrogens with one attached hydrogen (secondary N) is 1. The van der Waals surface area contributed by atoms with Crippen molar-refractivity contribution in [3.63, 3.8) is 0 Å². The quantitative estimate of drug-likeness (QED) is 0.879. The van der Waals surface area contributed by atoms with E-state index in [9.17, 15) is 13.2 Å². The summed E-state index contributed by atoms with van der Waals surface area (Å²) >= 11 is 0. The Bertz CT molecular complexity index is 613. The summed E-state index contributed by atoms with van der Waals surface area (Å²) in [7, 11) is -1.46. The van der Waals surface area contributed by atoms with Crippen molar-refractivity contribution in [3.05, 3.63) is 23.8 Å². The van der Waals surface area contributed by atoms with Gasteiger partial charge in [0, 0.05) is 13.6 Å². The Balaban J connectivity index is 2.14. The summed E-state index contributed by atoms with van der Waals surface area (Å²) in [5.74, 6) is 0.688. The highest BCUT2D eigenvalue weighted by molar-refractivity contribution is 7.88. The van der Waals surface area contributed by atoms with Crippen LogP contribution in [0.1, 0.15) is 12.0 Å². The van der Waals surface area contributed by atoms with Gasteiger partial charge in [-0.3, -0.25) is 4.79 Å². The lowest BCUT2D eigenvalue weighted by Crippen LogP contribution is -2.26. The molecule has 0 fully saturated rings. The monoisotopic (exact) mass is 298 g/mol. The van der Waals surface area contributed by atoms with Crippen LogP contribution in [0.3, 0.4) is 0 Å². The third-order valence-electron chi connectivity index (χ3n) is 3.11. The number of amides is 1. The smallest absolute Gasteiger partial charge is 0.230 e. The molecule has 0 saturated carbocycles. The van der Waals surface area contributed by atoms with E-state index in [1.165, 1.54) is 0 Å². The van der Waals surface area contributed by atoms with Crippen LogP contribution in [0.15, 0.2) is 18.2 Å². The second-order valence-corrected chi connectivity index (χ2v) is 6.60. The molecule has 0 bridgehead atoms. The molecule has 0 unspecified atom stereocenters. The normalized spacial score (nSPS) is 15.5. The molecule has 0 radical (unpaired) electrons. The van der Waals surface area contributed by atoms with Crippen molar-refractivity contribution in [2.45, 2.75) is 12.8 Å². The summed E-state index contributed by atoms with van der Waals surface area (Å²) in [5, 5.41) is 0. The molecule has 0 atom stereocenters. The molecule has 1 N–H and O–H groups in total. The van der Waals surface area contributed by atoms with Crippen molar-refractivity contribution >= 4 is 21.6 Å². The predicted molar refractivity (Wildman–Crippen MR) is 76.5 cm³/mol. The van der Waals surface area contributed by atoms with E-state index in [1.807, 2.05) is 18.2 Å². The summed E-state index contributed by atoms with van der Waals surface area (Å²) in [4.78, 5) is 13.4. The van der Waals surface area contributed by atoms with Crippen LogP contribution in [-0.4, -0.2) is 40.8 Å². The highest BCUT2D eigenvalue weighted by Gasteiger charge is 2.20. The zero-order chi connectivity index (χ0) is 14.8. The Morgan fingerprint density at radius 2 is 2.15 bits per heavy atom. The summed E-state index contributed by atoms with van der Waals surface area (Å²) in [6.45, 7) is 0.710. The van der Waals surface area contributed by atoms with Gasteiger partial charge >= 0.3 is 0 Å². The fraction of sp³-hybridized carbons (Fsp3) is 0.462. The maximum Gasteiger partial charge on any atom is 0.230 e. The van der Waals surface area contributed by atoms with E-state index in [1.54, 1.807) is 11.9 Å². The summed E-state index contributed by atoms with van der Waals surface area (Å²) in [5.41, 5.74) is 1.68. The SMILES string of the molecule is CN1C(=O)CCOc2ccc(CCNS(C)(=O)=O)cc21. The molecule has 0 spiro atoms. The molecular weight excluding hydrogens is 280 g/mol. The van der Waals surface area contributed by atoms with Gasteiger partial charge in [0.2, 0.25) is 15.9 Å². The van der Waals surface area contributed by atoms with Crippen LogP contribution in [0.4, 0.5) is 5.69 Å². The zero-order valence-electron chi connectivity index (χ0n) is 11.5. The third-order valence-corrected chi connectivity index (χ3v) is 3.84. The fourth-order valence-electron chi connectivity index (χ4n) is 2.03. The average molecular weight is 298 g/mol. The molecule has 0 aliphatic carbocycles. The van der Waals surface area contributed by atoms with Crippen molar-refractivity contribution in [2.75, 3.05) is 31.4 Å². The van der Waals surface area contributed by atoms with Crippen molar-refractivity contribution in [3.8, 4) is 5.75 Å².